The first kappa shape index (κ1) is 11.9. The zero-order valence-electron chi connectivity index (χ0n) is 10.1. The highest BCUT2D eigenvalue weighted by Crippen LogP contribution is 2.30. The van der Waals surface area contributed by atoms with E-state index in [-0.39, 0.29) is 16.9 Å². The Labute approximate surface area is 96.9 Å². The van der Waals surface area contributed by atoms with Gasteiger partial charge in [0.15, 0.2) is 0 Å². The minimum atomic E-state index is -0.235. The highest BCUT2D eigenvalue weighted by molar-refractivity contribution is 5.77. The molecule has 0 spiro atoms. The van der Waals surface area contributed by atoms with Crippen molar-refractivity contribution in [3.8, 4) is 0 Å². The molecule has 2 rings (SSSR count). The molecule has 1 aliphatic carbocycles. The fourth-order valence-corrected chi connectivity index (χ4v) is 2.50. The molecule has 2 fully saturated rings. The molecule has 0 bridgehead atoms. The van der Waals surface area contributed by atoms with Crippen molar-refractivity contribution in [2.45, 2.75) is 44.6 Å². The van der Waals surface area contributed by atoms with Crippen LogP contribution in [0.3, 0.4) is 0 Å². The second-order valence-corrected chi connectivity index (χ2v) is 5.83. The number of nitrogens with two attached hydrogens (primary N) is 1. The molecule has 4 heteroatoms. The minimum absolute atomic E-state index is 0.0949. The van der Waals surface area contributed by atoms with E-state index in [2.05, 4.69) is 12.2 Å². The first-order chi connectivity index (χ1) is 7.52. The van der Waals surface area contributed by atoms with Gasteiger partial charge in [0.2, 0.25) is 5.91 Å². The monoisotopic (exact) mass is 226 g/mol. The number of hydrogen-bond donors (Lipinski definition) is 2. The van der Waals surface area contributed by atoms with E-state index in [0.717, 1.165) is 38.9 Å². The number of rotatable bonds is 4. The number of ether oxygens (including phenoxy) is 1. The molecule has 0 aromatic heterocycles. The van der Waals surface area contributed by atoms with Gasteiger partial charge in [-0.1, -0.05) is 19.8 Å². The fraction of sp³-hybridized carbons (Fsp3) is 0.917. The van der Waals surface area contributed by atoms with Crippen molar-refractivity contribution in [2.75, 3.05) is 19.8 Å². The summed E-state index contributed by atoms with van der Waals surface area (Å²) in [5.41, 5.74) is 6.07. The highest BCUT2D eigenvalue weighted by Gasteiger charge is 2.35. The third kappa shape index (κ3) is 2.74. The first-order valence-electron chi connectivity index (χ1n) is 6.15. The van der Waals surface area contributed by atoms with E-state index >= 15 is 0 Å². The molecule has 0 radical (unpaired) electrons. The molecule has 1 saturated heterocycles. The first-order valence-corrected chi connectivity index (χ1v) is 6.15. The largest absolute Gasteiger partial charge is 0.380 e. The number of carbonyl (C=O) groups excluding carboxylic acids is 1. The van der Waals surface area contributed by atoms with E-state index in [1.807, 2.05) is 0 Å². The lowest BCUT2D eigenvalue weighted by molar-refractivity contribution is -0.127. The van der Waals surface area contributed by atoms with Crippen molar-refractivity contribution in [3.05, 3.63) is 0 Å². The van der Waals surface area contributed by atoms with E-state index in [1.165, 1.54) is 0 Å². The van der Waals surface area contributed by atoms with Crippen molar-refractivity contribution in [3.63, 3.8) is 0 Å². The fourth-order valence-electron chi connectivity index (χ4n) is 2.50. The van der Waals surface area contributed by atoms with Gasteiger partial charge in [-0.2, -0.15) is 0 Å². The zero-order valence-corrected chi connectivity index (χ0v) is 10.1. The van der Waals surface area contributed by atoms with Gasteiger partial charge in [0.25, 0.3) is 0 Å². The van der Waals surface area contributed by atoms with Gasteiger partial charge >= 0.3 is 0 Å². The molecule has 0 unspecified atom stereocenters. The van der Waals surface area contributed by atoms with Crippen molar-refractivity contribution in [1.82, 2.24) is 5.32 Å². The predicted octanol–water partition coefficient (Wildman–Crippen LogP) is 0.801. The van der Waals surface area contributed by atoms with Crippen LogP contribution in [0.1, 0.15) is 39.0 Å². The maximum atomic E-state index is 11.8. The van der Waals surface area contributed by atoms with Crippen molar-refractivity contribution in [1.29, 1.82) is 0 Å². The molecule has 3 N–H and O–H groups in total. The van der Waals surface area contributed by atoms with Crippen LogP contribution in [0.4, 0.5) is 0 Å². The predicted molar refractivity (Wildman–Crippen MR) is 61.9 cm³/mol. The number of hydrogen-bond acceptors (Lipinski definition) is 3. The van der Waals surface area contributed by atoms with E-state index in [9.17, 15) is 4.79 Å². The molecule has 0 aromatic rings. The third-order valence-electron chi connectivity index (χ3n) is 3.73. The summed E-state index contributed by atoms with van der Waals surface area (Å²) in [4.78, 5) is 11.8. The third-order valence-corrected chi connectivity index (χ3v) is 3.73. The van der Waals surface area contributed by atoms with Gasteiger partial charge in [0.1, 0.15) is 0 Å². The molecule has 16 heavy (non-hydrogen) atoms. The van der Waals surface area contributed by atoms with Gasteiger partial charge < -0.3 is 15.8 Å². The van der Waals surface area contributed by atoms with Crippen LogP contribution in [0.5, 0.6) is 0 Å². The van der Waals surface area contributed by atoms with E-state index < -0.39 is 0 Å². The van der Waals surface area contributed by atoms with E-state index in [4.69, 9.17) is 10.5 Å². The van der Waals surface area contributed by atoms with Crippen LogP contribution in [0.2, 0.25) is 0 Å². The molecule has 1 heterocycles. The highest BCUT2D eigenvalue weighted by atomic mass is 16.5. The Morgan fingerprint density at radius 2 is 2.00 bits per heavy atom. The summed E-state index contributed by atoms with van der Waals surface area (Å²) in [6.07, 6.45) is 4.77. The molecule has 1 aliphatic heterocycles. The standard InChI is InChI=1S/C12H22N2O2/c1-11(8-16-9-11)7-14-10(15)6-12(13)4-2-3-5-12/h2-9,13H2,1H3,(H,14,15). The normalized spacial score (nSPS) is 26.1. The SMILES string of the molecule is CC1(CNC(=O)CC2(N)CCCC2)COC1. The minimum Gasteiger partial charge on any atom is -0.380 e. The van der Waals surface area contributed by atoms with Crippen LogP contribution in [0, 0.1) is 5.41 Å². The second kappa shape index (κ2) is 4.34. The molecular formula is C12H22N2O2. The average molecular weight is 226 g/mol. The summed E-state index contributed by atoms with van der Waals surface area (Å²) in [6.45, 7) is 4.34. The Kier molecular flexibility index (Phi) is 3.22. The summed E-state index contributed by atoms with van der Waals surface area (Å²) < 4.78 is 5.15. The Morgan fingerprint density at radius 3 is 2.50 bits per heavy atom. The lowest BCUT2D eigenvalue weighted by Crippen LogP contribution is -2.50. The van der Waals surface area contributed by atoms with Crippen LogP contribution >= 0.6 is 0 Å². The van der Waals surface area contributed by atoms with Crippen molar-refractivity contribution >= 4 is 5.91 Å². The summed E-state index contributed by atoms with van der Waals surface area (Å²) >= 11 is 0. The summed E-state index contributed by atoms with van der Waals surface area (Å²) in [5, 5.41) is 2.98. The molecule has 4 nitrogen and oxygen atoms in total. The molecule has 2 aliphatic rings. The smallest absolute Gasteiger partial charge is 0.221 e. The Bertz CT molecular complexity index is 268. The van der Waals surface area contributed by atoms with Crippen LogP contribution in [0.15, 0.2) is 0 Å². The van der Waals surface area contributed by atoms with Crippen molar-refractivity contribution < 1.29 is 9.53 Å². The van der Waals surface area contributed by atoms with Gasteiger partial charge in [-0.15, -0.1) is 0 Å². The van der Waals surface area contributed by atoms with Crippen LogP contribution in [-0.2, 0) is 9.53 Å². The lowest BCUT2D eigenvalue weighted by Gasteiger charge is -2.38. The van der Waals surface area contributed by atoms with Gasteiger partial charge in [-0.25, -0.2) is 0 Å². The number of amides is 1. The molecule has 0 atom stereocenters. The Balaban J connectivity index is 1.71. The Hall–Kier alpha value is -0.610. The molecule has 92 valence electrons. The zero-order chi connectivity index (χ0) is 11.6. The summed E-state index contributed by atoms with van der Waals surface area (Å²) in [7, 11) is 0. The number of carbonyl (C=O) groups is 1. The van der Waals surface area contributed by atoms with Crippen molar-refractivity contribution in [2.24, 2.45) is 11.1 Å². The van der Waals surface area contributed by atoms with Gasteiger partial charge in [-0.3, -0.25) is 4.79 Å². The molecule has 0 aromatic carbocycles. The maximum absolute atomic E-state index is 11.8. The summed E-state index contributed by atoms with van der Waals surface area (Å²) in [5.74, 6) is 0.0949. The molecule has 1 amide bonds. The maximum Gasteiger partial charge on any atom is 0.221 e. The lowest BCUT2D eigenvalue weighted by atomic mass is 9.88. The number of nitrogens with one attached hydrogen (secondary N) is 1. The quantitative estimate of drug-likeness (QED) is 0.745. The van der Waals surface area contributed by atoms with Crippen LogP contribution in [0.25, 0.3) is 0 Å². The second-order valence-electron chi connectivity index (χ2n) is 5.83. The van der Waals surface area contributed by atoms with Gasteiger partial charge in [-0.05, 0) is 12.8 Å². The van der Waals surface area contributed by atoms with E-state index in [0.29, 0.717) is 13.0 Å². The molecule has 1 saturated carbocycles. The molecular weight excluding hydrogens is 204 g/mol. The summed E-state index contributed by atoms with van der Waals surface area (Å²) in [6, 6.07) is 0. The van der Waals surface area contributed by atoms with Gasteiger partial charge in [0, 0.05) is 23.9 Å². The topological polar surface area (TPSA) is 64.4 Å². The van der Waals surface area contributed by atoms with Crippen LogP contribution < -0.4 is 11.1 Å². The van der Waals surface area contributed by atoms with Gasteiger partial charge in [0.05, 0.1) is 13.2 Å². The van der Waals surface area contributed by atoms with Crippen LogP contribution in [-0.4, -0.2) is 31.2 Å². The average Bonchev–Trinajstić information content (AvgIpc) is 2.59. The van der Waals surface area contributed by atoms with E-state index in [1.54, 1.807) is 0 Å². The Morgan fingerprint density at radius 1 is 1.38 bits per heavy atom.